The van der Waals surface area contributed by atoms with Gasteiger partial charge in [-0.2, -0.15) is 0 Å². The third-order valence-corrected chi connectivity index (χ3v) is 5.93. The van der Waals surface area contributed by atoms with Gasteiger partial charge in [-0.1, -0.05) is 12.1 Å². The molecule has 8 nitrogen and oxygen atoms in total. The number of thioether (sulfide) groups is 1. The van der Waals surface area contributed by atoms with Crippen LogP contribution < -0.4 is 4.90 Å². The van der Waals surface area contributed by atoms with Crippen LogP contribution in [0.2, 0.25) is 0 Å². The molecule has 2 aliphatic heterocycles. The van der Waals surface area contributed by atoms with Crippen LogP contribution in [0.4, 0.5) is 5.69 Å². The van der Waals surface area contributed by atoms with Crippen molar-refractivity contribution in [2.75, 3.05) is 36.8 Å². The average Bonchev–Trinajstić information content (AvgIpc) is 3.18. The lowest BCUT2D eigenvalue weighted by molar-refractivity contribution is -0.130. The minimum atomic E-state index is -0.223. The first kappa shape index (κ1) is 18.5. The Balaban J connectivity index is 1.44. The molecule has 1 aromatic heterocycles. The molecule has 3 heterocycles. The second-order valence-corrected chi connectivity index (χ2v) is 7.68. The van der Waals surface area contributed by atoms with E-state index >= 15 is 0 Å². The predicted octanol–water partition coefficient (Wildman–Crippen LogP) is 1.62. The Bertz CT molecular complexity index is 920. The van der Waals surface area contributed by atoms with Gasteiger partial charge in [0.1, 0.15) is 12.8 Å². The van der Waals surface area contributed by atoms with E-state index in [2.05, 4.69) is 4.98 Å². The third kappa shape index (κ3) is 3.62. The van der Waals surface area contributed by atoms with E-state index in [0.717, 1.165) is 10.6 Å². The fraction of sp³-hybridized carbons (Fsp3) is 0.368. The molecule has 9 heteroatoms. The monoisotopic (exact) mass is 400 g/mol. The highest BCUT2D eigenvalue weighted by Gasteiger charge is 2.28. The smallest absolute Gasteiger partial charge is 0.275 e. The van der Waals surface area contributed by atoms with E-state index in [0.29, 0.717) is 37.8 Å². The molecule has 0 atom stereocenters. The molecule has 0 saturated carbocycles. The molecule has 0 unspecified atom stereocenters. The van der Waals surface area contributed by atoms with Crippen LogP contribution in [0.25, 0.3) is 0 Å². The maximum absolute atomic E-state index is 12.7. The number of para-hydroxylation sites is 1. The first-order valence-corrected chi connectivity index (χ1v) is 10.0. The molecule has 4 rings (SSSR count). The van der Waals surface area contributed by atoms with Crippen molar-refractivity contribution in [3.05, 3.63) is 42.1 Å². The number of aromatic nitrogens is 1. The van der Waals surface area contributed by atoms with Gasteiger partial charge in [-0.15, -0.1) is 11.8 Å². The molecule has 0 radical (unpaired) electrons. The van der Waals surface area contributed by atoms with E-state index in [9.17, 15) is 14.4 Å². The normalized spacial score (nSPS) is 16.9. The molecule has 28 heavy (non-hydrogen) atoms. The van der Waals surface area contributed by atoms with Gasteiger partial charge in [-0.3, -0.25) is 14.4 Å². The molecule has 2 aromatic rings. The van der Waals surface area contributed by atoms with Crippen LogP contribution in [0.1, 0.15) is 23.3 Å². The van der Waals surface area contributed by atoms with E-state index in [-0.39, 0.29) is 30.0 Å². The summed E-state index contributed by atoms with van der Waals surface area (Å²) in [5.74, 6) is 0.458. The number of fused-ring (bicyclic) bond motifs is 1. The number of carbonyl (C=O) groups is 3. The van der Waals surface area contributed by atoms with Gasteiger partial charge in [0.15, 0.2) is 5.69 Å². The van der Waals surface area contributed by atoms with E-state index < -0.39 is 0 Å². The highest BCUT2D eigenvalue weighted by atomic mass is 32.2. The number of rotatable bonds is 3. The quantitative estimate of drug-likeness (QED) is 0.778. The third-order valence-electron chi connectivity index (χ3n) is 4.88. The summed E-state index contributed by atoms with van der Waals surface area (Å²) in [7, 11) is 0. The van der Waals surface area contributed by atoms with Crippen molar-refractivity contribution in [3.8, 4) is 0 Å². The van der Waals surface area contributed by atoms with E-state index in [1.54, 1.807) is 14.7 Å². The number of benzene rings is 1. The molecular weight excluding hydrogens is 380 g/mol. The average molecular weight is 400 g/mol. The first-order chi connectivity index (χ1) is 13.5. The predicted molar refractivity (Wildman–Crippen MR) is 103 cm³/mol. The van der Waals surface area contributed by atoms with Gasteiger partial charge in [0.2, 0.25) is 17.7 Å². The Morgan fingerprint density at radius 1 is 1.14 bits per heavy atom. The molecule has 1 fully saturated rings. The lowest BCUT2D eigenvalue weighted by atomic mass is 10.2. The highest BCUT2D eigenvalue weighted by molar-refractivity contribution is 8.00. The lowest BCUT2D eigenvalue weighted by Gasteiger charge is -2.33. The molecule has 0 aliphatic carbocycles. The van der Waals surface area contributed by atoms with Gasteiger partial charge in [0, 0.05) is 38.0 Å². The Hall–Kier alpha value is -2.81. The van der Waals surface area contributed by atoms with Crippen molar-refractivity contribution < 1.29 is 18.8 Å². The zero-order valence-electron chi connectivity index (χ0n) is 15.5. The van der Waals surface area contributed by atoms with Gasteiger partial charge in [-0.05, 0) is 12.1 Å². The van der Waals surface area contributed by atoms with Crippen LogP contribution in [0.3, 0.4) is 0 Å². The molecule has 3 amide bonds. The molecule has 146 valence electrons. The minimum absolute atomic E-state index is 0.0143. The molecule has 2 aliphatic rings. The zero-order valence-corrected chi connectivity index (χ0v) is 16.3. The molecule has 1 aromatic carbocycles. The summed E-state index contributed by atoms with van der Waals surface area (Å²) >= 11 is 1.51. The molecule has 0 bridgehead atoms. The number of oxazole rings is 1. The lowest BCUT2D eigenvalue weighted by Crippen LogP contribution is -2.50. The van der Waals surface area contributed by atoms with Crippen molar-refractivity contribution in [1.29, 1.82) is 0 Å². The van der Waals surface area contributed by atoms with E-state index in [1.807, 2.05) is 24.3 Å². The summed E-state index contributed by atoms with van der Waals surface area (Å²) in [5.41, 5.74) is 1.05. The number of piperazine rings is 1. The summed E-state index contributed by atoms with van der Waals surface area (Å²) in [6, 6.07) is 7.69. The number of hydrogen-bond acceptors (Lipinski definition) is 6. The van der Waals surface area contributed by atoms with Crippen LogP contribution >= 0.6 is 11.8 Å². The topological polar surface area (TPSA) is 87.0 Å². The van der Waals surface area contributed by atoms with Crippen LogP contribution in [-0.2, 0) is 16.1 Å². The summed E-state index contributed by atoms with van der Waals surface area (Å²) < 4.78 is 5.48. The Morgan fingerprint density at radius 2 is 1.86 bits per heavy atom. The molecular formula is C19H20N4O4S. The number of anilines is 1. The standard InChI is InChI=1S/C19H20N4O4S/c1-13(24)21-6-8-22(9-7-21)19(26)14-11-27-17(20-14)10-23-15-4-2-3-5-16(15)28-12-18(23)25/h2-5,11H,6-10,12H2,1H3. The van der Waals surface area contributed by atoms with Gasteiger partial charge in [0.05, 0.1) is 11.4 Å². The zero-order chi connectivity index (χ0) is 19.7. The van der Waals surface area contributed by atoms with Crippen LogP contribution in [0.5, 0.6) is 0 Å². The molecule has 0 spiro atoms. The summed E-state index contributed by atoms with van der Waals surface area (Å²) in [6.07, 6.45) is 1.34. The van der Waals surface area contributed by atoms with Crippen LogP contribution in [-0.4, -0.2) is 64.4 Å². The summed E-state index contributed by atoms with van der Waals surface area (Å²) in [4.78, 5) is 46.8. The van der Waals surface area contributed by atoms with Crippen molar-refractivity contribution in [1.82, 2.24) is 14.8 Å². The second-order valence-electron chi connectivity index (χ2n) is 6.66. The number of amides is 3. The maximum atomic E-state index is 12.7. The Morgan fingerprint density at radius 3 is 2.61 bits per heavy atom. The minimum Gasteiger partial charge on any atom is -0.446 e. The molecule has 0 N–H and O–H groups in total. The second kappa shape index (κ2) is 7.67. The van der Waals surface area contributed by atoms with Crippen molar-refractivity contribution >= 4 is 35.2 Å². The number of hydrogen-bond donors (Lipinski definition) is 0. The highest BCUT2D eigenvalue weighted by Crippen LogP contribution is 2.35. The SMILES string of the molecule is CC(=O)N1CCN(C(=O)c2coc(CN3C(=O)CSc4ccccc43)n2)CC1. The number of carbonyl (C=O) groups excluding carboxylic acids is 3. The van der Waals surface area contributed by atoms with Gasteiger partial charge in [-0.25, -0.2) is 4.98 Å². The fourth-order valence-corrected chi connectivity index (χ4v) is 4.27. The van der Waals surface area contributed by atoms with Crippen LogP contribution in [0.15, 0.2) is 39.8 Å². The van der Waals surface area contributed by atoms with Crippen molar-refractivity contribution in [2.45, 2.75) is 18.4 Å². The maximum Gasteiger partial charge on any atom is 0.275 e. The van der Waals surface area contributed by atoms with Crippen LogP contribution in [0, 0.1) is 0 Å². The summed E-state index contributed by atoms with van der Waals surface area (Å²) in [5, 5.41) is 0. The molecule has 1 saturated heterocycles. The van der Waals surface area contributed by atoms with Crippen molar-refractivity contribution in [3.63, 3.8) is 0 Å². The fourth-order valence-electron chi connectivity index (χ4n) is 3.33. The van der Waals surface area contributed by atoms with E-state index in [4.69, 9.17) is 4.42 Å². The Kier molecular flexibility index (Phi) is 5.08. The first-order valence-electron chi connectivity index (χ1n) is 9.04. The summed E-state index contributed by atoms with van der Waals surface area (Å²) in [6.45, 7) is 3.68. The van der Waals surface area contributed by atoms with Gasteiger partial charge >= 0.3 is 0 Å². The number of nitrogens with zero attached hydrogens (tertiary/aromatic N) is 4. The van der Waals surface area contributed by atoms with E-state index in [1.165, 1.54) is 24.9 Å². The van der Waals surface area contributed by atoms with Gasteiger partial charge in [0.25, 0.3) is 5.91 Å². The van der Waals surface area contributed by atoms with Gasteiger partial charge < -0.3 is 19.1 Å². The van der Waals surface area contributed by atoms with Crippen molar-refractivity contribution in [2.24, 2.45) is 0 Å². The largest absolute Gasteiger partial charge is 0.446 e. The Labute approximate surface area is 166 Å².